The van der Waals surface area contributed by atoms with Gasteiger partial charge < -0.3 is 18.9 Å². The van der Waals surface area contributed by atoms with Crippen molar-refractivity contribution in [2.45, 2.75) is 115 Å². The van der Waals surface area contributed by atoms with Crippen LogP contribution in [0.3, 0.4) is 0 Å². The van der Waals surface area contributed by atoms with E-state index >= 15 is 0 Å². The number of hydrogen-bond donors (Lipinski definition) is 0. The monoisotopic (exact) mass is 448 g/mol. The summed E-state index contributed by atoms with van der Waals surface area (Å²) in [5, 5.41) is 1.11. The summed E-state index contributed by atoms with van der Waals surface area (Å²) in [6.45, 7) is 2.57. The van der Waals surface area contributed by atoms with E-state index in [-0.39, 0.29) is 12.6 Å². The van der Waals surface area contributed by atoms with Crippen molar-refractivity contribution in [1.29, 1.82) is 0 Å². The topological polar surface area (TPSA) is 36.9 Å². The lowest BCUT2D eigenvalue weighted by Crippen LogP contribution is -2.28. The lowest BCUT2D eigenvalue weighted by Gasteiger charge is -2.28. The molecule has 27 heavy (non-hydrogen) atoms. The molecule has 2 aliphatic heterocycles. The van der Waals surface area contributed by atoms with Crippen LogP contribution in [0.5, 0.6) is 0 Å². The minimum atomic E-state index is 0.0452. The van der Waals surface area contributed by atoms with Gasteiger partial charge in [0.2, 0.25) is 0 Å². The van der Waals surface area contributed by atoms with E-state index in [1.807, 2.05) is 0 Å². The minimum Gasteiger partial charge on any atom is -0.353 e. The molecule has 0 bridgehead atoms. The molecule has 0 amide bonds. The first-order valence-electron chi connectivity index (χ1n) is 11.4. The third kappa shape index (κ3) is 11.8. The quantitative estimate of drug-likeness (QED) is 0.216. The molecule has 160 valence electrons. The number of halogens is 1. The van der Waals surface area contributed by atoms with E-state index in [0.29, 0.717) is 6.10 Å². The predicted molar refractivity (Wildman–Crippen MR) is 113 cm³/mol. The highest BCUT2D eigenvalue weighted by Crippen LogP contribution is 2.22. The molecule has 0 radical (unpaired) electrons. The summed E-state index contributed by atoms with van der Waals surface area (Å²) < 4.78 is 23.5. The van der Waals surface area contributed by atoms with Gasteiger partial charge in [-0.2, -0.15) is 0 Å². The Labute approximate surface area is 175 Å². The van der Waals surface area contributed by atoms with Crippen molar-refractivity contribution in [2.75, 3.05) is 25.2 Å². The van der Waals surface area contributed by atoms with Gasteiger partial charge in [-0.15, -0.1) is 0 Å². The molecule has 0 aromatic rings. The molecule has 0 aliphatic carbocycles. The van der Waals surface area contributed by atoms with Crippen LogP contribution in [0.2, 0.25) is 0 Å². The van der Waals surface area contributed by atoms with Gasteiger partial charge in [0.25, 0.3) is 0 Å². The minimum absolute atomic E-state index is 0.0452. The SMILES string of the molecule is BrCCCCCC(CCCCCCOC1CCCCO1)OC1CCCCO1. The zero-order valence-electron chi connectivity index (χ0n) is 17.2. The van der Waals surface area contributed by atoms with Crippen LogP contribution in [-0.2, 0) is 18.9 Å². The maximum atomic E-state index is 6.30. The van der Waals surface area contributed by atoms with Crippen LogP contribution in [0.1, 0.15) is 96.3 Å². The fourth-order valence-electron chi connectivity index (χ4n) is 3.84. The van der Waals surface area contributed by atoms with Crippen LogP contribution in [0, 0.1) is 0 Å². The first kappa shape index (κ1) is 23.6. The second-order valence-electron chi connectivity index (χ2n) is 7.96. The molecule has 0 saturated carbocycles. The van der Waals surface area contributed by atoms with E-state index in [9.17, 15) is 0 Å². The van der Waals surface area contributed by atoms with Crippen LogP contribution < -0.4 is 0 Å². The molecular weight excluding hydrogens is 408 g/mol. The zero-order valence-corrected chi connectivity index (χ0v) is 18.8. The standard InChI is InChI=1S/C22H41BrO4/c23-16-8-3-5-13-20(27-22-15-7-11-19-26-22)12-4-1-2-9-17-24-21-14-6-10-18-25-21/h20-22H,1-19H2. The Hall–Kier alpha value is 0.320. The Morgan fingerprint density at radius 3 is 2.00 bits per heavy atom. The summed E-state index contributed by atoms with van der Waals surface area (Å²) in [6, 6.07) is 0. The summed E-state index contributed by atoms with van der Waals surface area (Å²) in [5.74, 6) is 0. The molecule has 0 N–H and O–H groups in total. The zero-order chi connectivity index (χ0) is 19.0. The molecule has 2 fully saturated rings. The molecule has 2 saturated heterocycles. The number of ether oxygens (including phenoxy) is 4. The van der Waals surface area contributed by atoms with Crippen LogP contribution in [0.25, 0.3) is 0 Å². The van der Waals surface area contributed by atoms with E-state index in [1.54, 1.807) is 0 Å². The van der Waals surface area contributed by atoms with Crippen molar-refractivity contribution in [3.05, 3.63) is 0 Å². The van der Waals surface area contributed by atoms with Gasteiger partial charge in [-0.1, -0.05) is 48.0 Å². The number of rotatable bonds is 15. The first-order chi connectivity index (χ1) is 13.4. The van der Waals surface area contributed by atoms with Crippen molar-refractivity contribution in [3.8, 4) is 0 Å². The van der Waals surface area contributed by atoms with Crippen molar-refractivity contribution < 1.29 is 18.9 Å². The van der Waals surface area contributed by atoms with E-state index in [1.165, 1.54) is 77.0 Å². The molecule has 0 spiro atoms. The molecule has 2 rings (SSSR count). The van der Waals surface area contributed by atoms with Gasteiger partial charge >= 0.3 is 0 Å². The Balaban J connectivity index is 1.51. The Morgan fingerprint density at radius 2 is 1.37 bits per heavy atom. The van der Waals surface area contributed by atoms with E-state index in [2.05, 4.69) is 15.9 Å². The van der Waals surface area contributed by atoms with Gasteiger partial charge in [-0.3, -0.25) is 0 Å². The van der Waals surface area contributed by atoms with Crippen molar-refractivity contribution in [3.63, 3.8) is 0 Å². The molecule has 2 aliphatic rings. The van der Waals surface area contributed by atoms with Gasteiger partial charge in [0.05, 0.1) is 6.10 Å². The highest BCUT2D eigenvalue weighted by atomic mass is 79.9. The largest absolute Gasteiger partial charge is 0.353 e. The third-order valence-electron chi connectivity index (χ3n) is 5.50. The summed E-state index contributed by atoms with van der Waals surface area (Å²) in [6.07, 6.45) is 18.5. The number of alkyl halides is 1. The first-order valence-corrected chi connectivity index (χ1v) is 12.6. The lowest BCUT2D eigenvalue weighted by atomic mass is 10.0. The van der Waals surface area contributed by atoms with E-state index in [4.69, 9.17) is 18.9 Å². The molecule has 5 heteroatoms. The molecule has 0 aromatic heterocycles. The third-order valence-corrected chi connectivity index (χ3v) is 6.06. The predicted octanol–water partition coefficient (Wildman–Crippen LogP) is 6.35. The van der Waals surface area contributed by atoms with Crippen LogP contribution in [-0.4, -0.2) is 43.8 Å². The fraction of sp³-hybridized carbons (Fsp3) is 1.00. The van der Waals surface area contributed by atoms with Gasteiger partial charge in [0.1, 0.15) is 0 Å². The second-order valence-corrected chi connectivity index (χ2v) is 8.76. The molecule has 4 nitrogen and oxygen atoms in total. The lowest BCUT2D eigenvalue weighted by molar-refractivity contribution is -0.190. The summed E-state index contributed by atoms with van der Waals surface area (Å²) >= 11 is 3.52. The highest BCUT2D eigenvalue weighted by molar-refractivity contribution is 9.09. The summed E-state index contributed by atoms with van der Waals surface area (Å²) in [5.41, 5.74) is 0. The molecular formula is C22H41BrO4. The number of unbranched alkanes of at least 4 members (excludes halogenated alkanes) is 5. The van der Waals surface area contributed by atoms with Gasteiger partial charge in [-0.05, 0) is 64.2 Å². The molecule has 3 unspecified atom stereocenters. The molecule has 2 heterocycles. The Morgan fingerprint density at radius 1 is 0.741 bits per heavy atom. The molecule has 0 aromatic carbocycles. The van der Waals surface area contributed by atoms with Crippen molar-refractivity contribution >= 4 is 15.9 Å². The summed E-state index contributed by atoms with van der Waals surface area (Å²) in [7, 11) is 0. The van der Waals surface area contributed by atoms with E-state index < -0.39 is 0 Å². The summed E-state index contributed by atoms with van der Waals surface area (Å²) in [4.78, 5) is 0. The van der Waals surface area contributed by atoms with Gasteiger partial charge in [0, 0.05) is 25.2 Å². The average molecular weight is 449 g/mol. The van der Waals surface area contributed by atoms with E-state index in [0.717, 1.165) is 44.4 Å². The molecule has 3 atom stereocenters. The number of hydrogen-bond acceptors (Lipinski definition) is 4. The normalized spacial score (nSPS) is 24.8. The fourth-order valence-corrected chi connectivity index (χ4v) is 4.24. The maximum absolute atomic E-state index is 6.30. The highest BCUT2D eigenvalue weighted by Gasteiger charge is 2.19. The van der Waals surface area contributed by atoms with Gasteiger partial charge in [0.15, 0.2) is 12.6 Å². The van der Waals surface area contributed by atoms with Crippen LogP contribution >= 0.6 is 15.9 Å². The Kier molecular flexibility index (Phi) is 14.1. The van der Waals surface area contributed by atoms with Crippen LogP contribution in [0.4, 0.5) is 0 Å². The maximum Gasteiger partial charge on any atom is 0.157 e. The van der Waals surface area contributed by atoms with Crippen LogP contribution in [0.15, 0.2) is 0 Å². The van der Waals surface area contributed by atoms with Crippen molar-refractivity contribution in [1.82, 2.24) is 0 Å². The Bertz CT molecular complexity index is 330. The van der Waals surface area contributed by atoms with Crippen molar-refractivity contribution in [2.24, 2.45) is 0 Å². The smallest absolute Gasteiger partial charge is 0.157 e. The second kappa shape index (κ2) is 16.2. The van der Waals surface area contributed by atoms with Gasteiger partial charge in [-0.25, -0.2) is 0 Å². The average Bonchev–Trinajstić information content (AvgIpc) is 2.71.